The normalized spacial score (nSPS) is 26.4. The molecular formula is C15H20F2N2O. The van der Waals surface area contributed by atoms with Gasteiger partial charge in [0.25, 0.3) is 0 Å². The van der Waals surface area contributed by atoms with E-state index in [1.807, 2.05) is 0 Å². The maximum absolute atomic E-state index is 13.7. The maximum Gasteiger partial charge on any atom is 0.190 e. The SMILES string of the molecule is CCN1CC2CC(C1)N2Cc1cc(F)c(OC)c(F)c1. The van der Waals surface area contributed by atoms with Gasteiger partial charge in [0.2, 0.25) is 0 Å². The minimum absolute atomic E-state index is 0.297. The van der Waals surface area contributed by atoms with Crippen LogP contribution in [0.15, 0.2) is 12.1 Å². The number of nitrogens with zero attached hydrogens (tertiary/aromatic N) is 2. The van der Waals surface area contributed by atoms with E-state index in [1.165, 1.54) is 25.7 Å². The lowest BCUT2D eigenvalue weighted by Crippen LogP contribution is -2.67. The van der Waals surface area contributed by atoms with E-state index in [1.54, 1.807) is 0 Å². The Morgan fingerprint density at radius 1 is 1.20 bits per heavy atom. The fourth-order valence-electron chi connectivity index (χ4n) is 3.40. The summed E-state index contributed by atoms with van der Waals surface area (Å²) in [5.41, 5.74) is 0.681. The third-order valence-electron chi connectivity index (χ3n) is 4.49. The lowest BCUT2D eigenvalue weighted by molar-refractivity contribution is -0.0732. The van der Waals surface area contributed by atoms with Gasteiger partial charge < -0.3 is 9.64 Å². The summed E-state index contributed by atoms with van der Waals surface area (Å²) >= 11 is 0. The average molecular weight is 282 g/mol. The fourth-order valence-corrected chi connectivity index (χ4v) is 3.40. The number of piperidine rings is 1. The molecule has 2 atom stereocenters. The first kappa shape index (κ1) is 13.8. The molecular weight excluding hydrogens is 262 g/mol. The molecule has 20 heavy (non-hydrogen) atoms. The molecule has 0 saturated carbocycles. The Morgan fingerprint density at radius 2 is 1.80 bits per heavy atom. The van der Waals surface area contributed by atoms with Crippen molar-refractivity contribution in [3.63, 3.8) is 0 Å². The number of piperazine rings is 1. The second-order valence-electron chi connectivity index (χ2n) is 5.66. The van der Waals surface area contributed by atoms with Crippen molar-refractivity contribution < 1.29 is 13.5 Å². The molecule has 0 spiro atoms. The van der Waals surface area contributed by atoms with Crippen LogP contribution in [0.3, 0.4) is 0 Å². The van der Waals surface area contributed by atoms with Gasteiger partial charge in [0, 0.05) is 31.7 Å². The number of hydrogen-bond acceptors (Lipinski definition) is 3. The van der Waals surface area contributed by atoms with Gasteiger partial charge in [0.15, 0.2) is 17.4 Å². The molecule has 1 aromatic rings. The summed E-state index contributed by atoms with van der Waals surface area (Å²) in [7, 11) is 1.28. The van der Waals surface area contributed by atoms with Crippen molar-refractivity contribution in [3.8, 4) is 5.75 Å². The van der Waals surface area contributed by atoms with E-state index in [4.69, 9.17) is 4.74 Å². The summed E-state index contributed by atoms with van der Waals surface area (Å²) in [6, 6.07) is 3.82. The van der Waals surface area contributed by atoms with Gasteiger partial charge in [-0.25, -0.2) is 8.78 Å². The lowest BCUT2D eigenvalue weighted by Gasteiger charge is -2.56. The van der Waals surface area contributed by atoms with Crippen LogP contribution >= 0.6 is 0 Å². The number of benzene rings is 1. The zero-order valence-electron chi connectivity index (χ0n) is 11.9. The van der Waals surface area contributed by atoms with E-state index in [2.05, 4.69) is 16.7 Å². The first-order chi connectivity index (χ1) is 9.62. The third-order valence-corrected chi connectivity index (χ3v) is 4.49. The Hall–Kier alpha value is -1.20. The van der Waals surface area contributed by atoms with Crippen LogP contribution in [-0.2, 0) is 6.54 Å². The van der Waals surface area contributed by atoms with Gasteiger partial charge in [-0.2, -0.15) is 0 Å². The van der Waals surface area contributed by atoms with E-state index < -0.39 is 11.6 Å². The molecule has 2 bridgehead atoms. The Morgan fingerprint density at radius 3 is 2.30 bits per heavy atom. The Labute approximate surface area is 118 Å². The molecule has 0 aromatic heterocycles. The van der Waals surface area contributed by atoms with Crippen molar-refractivity contribution >= 4 is 0 Å². The highest BCUT2D eigenvalue weighted by Gasteiger charge is 2.43. The highest BCUT2D eigenvalue weighted by Crippen LogP contribution is 2.34. The van der Waals surface area contributed by atoms with Crippen LogP contribution < -0.4 is 4.74 Å². The first-order valence-corrected chi connectivity index (χ1v) is 7.12. The maximum atomic E-state index is 13.7. The monoisotopic (exact) mass is 282 g/mol. The van der Waals surface area contributed by atoms with Crippen LogP contribution in [0.2, 0.25) is 0 Å². The Bertz CT molecular complexity index is 474. The zero-order valence-corrected chi connectivity index (χ0v) is 11.9. The molecule has 3 aliphatic rings. The van der Waals surface area contributed by atoms with Gasteiger partial charge in [-0.05, 0) is 30.7 Å². The zero-order chi connectivity index (χ0) is 14.3. The molecule has 5 heteroatoms. The van der Waals surface area contributed by atoms with Crippen LogP contribution in [-0.4, -0.2) is 48.6 Å². The standard InChI is InChI=1S/C15H20F2N2O/c1-3-18-8-11-6-12(9-18)19(11)7-10-4-13(16)15(20-2)14(17)5-10/h4-5,11-12H,3,6-9H2,1-2H3. The predicted octanol–water partition coefficient (Wildman–Crippen LogP) is 2.25. The second-order valence-corrected chi connectivity index (χ2v) is 5.66. The Kier molecular flexibility index (Phi) is 3.65. The van der Waals surface area contributed by atoms with Crippen LogP contribution in [0.25, 0.3) is 0 Å². The summed E-state index contributed by atoms with van der Waals surface area (Å²) in [5, 5.41) is 0. The number of likely N-dealkylation sites (N-methyl/N-ethyl adjacent to an activating group) is 1. The van der Waals surface area contributed by atoms with Crippen molar-refractivity contribution in [3.05, 3.63) is 29.3 Å². The minimum Gasteiger partial charge on any atom is -0.491 e. The van der Waals surface area contributed by atoms with Gasteiger partial charge >= 0.3 is 0 Å². The number of halogens is 2. The summed E-state index contributed by atoms with van der Waals surface area (Å²) in [4.78, 5) is 4.79. The summed E-state index contributed by atoms with van der Waals surface area (Å²) in [6.07, 6.45) is 1.21. The van der Waals surface area contributed by atoms with Crippen LogP contribution in [0.1, 0.15) is 18.9 Å². The van der Waals surface area contributed by atoms with E-state index in [0.29, 0.717) is 24.2 Å². The van der Waals surface area contributed by atoms with Crippen LogP contribution in [0.5, 0.6) is 5.75 Å². The summed E-state index contributed by atoms with van der Waals surface area (Å²) in [5.74, 6) is -1.54. The van der Waals surface area contributed by atoms with Crippen molar-refractivity contribution in [1.29, 1.82) is 0 Å². The van der Waals surface area contributed by atoms with E-state index in [0.717, 1.165) is 19.6 Å². The molecule has 0 amide bonds. The van der Waals surface area contributed by atoms with Crippen molar-refractivity contribution in [2.45, 2.75) is 32.0 Å². The van der Waals surface area contributed by atoms with Crippen molar-refractivity contribution in [2.24, 2.45) is 0 Å². The minimum atomic E-state index is -0.622. The molecule has 4 rings (SSSR count). The molecule has 1 aromatic carbocycles. The number of rotatable bonds is 4. The molecule has 2 unspecified atom stereocenters. The molecule has 3 saturated heterocycles. The molecule has 3 nitrogen and oxygen atoms in total. The number of fused-ring (bicyclic) bond motifs is 2. The number of methoxy groups -OCH3 is 1. The van der Waals surface area contributed by atoms with Gasteiger partial charge in [-0.1, -0.05) is 6.92 Å². The average Bonchev–Trinajstić information content (AvgIpc) is 2.44. The summed E-state index contributed by atoms with van der Waals surface area (Å²) < 4.78 is 32.1. The molecule has 0 radical (unpaired) electrons. The highest BCUT2D eigenvalue weighted by molar-refractivity contribution is 5.31. The van der Waals surface area contributed by atoms with Gasteiger partial charge in [-0.3, -0.25) is 4.90 Å². The second kappa shape index (κ2) is 5.30. The quantitative estimate of drug-likeness (QED) is 0.842. The summed E-state index contributed by atoms with van der Waals surface area (Å²) in [6.45, 7) is 5.99. The molecule has 0 aliphatic carbocycles. The van der Waals surface area contributed by atoms with Crippen molar-refractivity contribution in [2.75, 3.05) is 26.7 Å². The van der Waals surface area contributed by atoms with Crippen molar-refractivity contribution in [1.82, 2.24) is 9.80 Å². The van der Waals surface area contributed by atoms with Crippen LogP contribution in [0, 0.1) is 11.6 Å². The first-order valence-electron chi connectivity index (χ1n) is 7.12. The van der Waals surface area contributed by atoms with E-state index in [-0.39, 0.29) is 5.75 Å². The topological polar surface area (TPSA) is 15.7 Å². The number of hydrogen-bond donors (Lipinski definition) is 0. The lowest BCUT2D eigenvalue weighted by atomic mass is 9.87. The van der Waals surface area contributed by atoms with E-state index >= 15 is 0 Å². The third kappa shape index (κ3) is 2.29. The van der Waals surface area contributed by atoms with Gasteiger partial charge in [-0.15, -0.1) is 0 Å². The molecule has 3 heterocycles. The Balaban J connectivity index is 1.71. The number of ether oxygens (including phenoxy) is 1. The van der Waals surface area contributed by atoms with Gasteiger partial charge in [0.1, 0.15) is 0 Å². The van der Waals surface area contributed by atoms with E-state index in [9.17, 15) is 8.78 Å². The molecule has 3 aliphatic heterocycles. The van der Waals surface area contributed by atoms with Gasteiger partial charge in [0.05, 0.1) is 7.11 Å². The predicted molar refractivity (Wildman–Crippen MR) is 72.8 cm³/mol. The largest absolute Gasteiger partial charge is 0.491 e. The molecule has 3 fully saturated rings. The smallest absolute Gasteiger partial charge is 0.190 e. The highest BCUT2D eigenvalue weighted by atomic mass is 19.1. The molecule has 110 valence electrons. The fraction of sp³-hybridized carbons (Fsp3) is 0.600. The molecule has 0 N–H and O–H groups in total. The van der Waals surface area contributed by atoms with Crippen LogP contribution in [0.4, 0.5) is 8.78 Å².